The fraction of sp³-hybridized carbons (Fsp3) is 0.333. The molecule has 0 spiro atoms. The number of carbonyl (C=O) groups is 1. The number of halogens is 2. The van der Waals surface area contributed by atoms with Crippen LogP contribution in [0, 0.1) is 0 Å². The van der Waals surface area contributed by atoms with E-state index in [1.807, 2.05) is 24.3 Å². The van der Waals surface area contributed by atoms with Crippen molar-refractivity contribution in [2.24, 2.45) is 0 Å². The molecule has 154 valence electrons. The summed E-state index contributed by atoms with van der Waals surface area (Å²) in [6, 6.07) is 11.0. The molecule has 5 nitrogen and oxygen atoms in total. The van der Waals surface area contributed by atoms with Gasteiger partial charge in [0, 0.05) is 17.6 Å². The maximum atomic E-state index is 13.5. The number of carbonyl (C=O) groups excluding carboxylic acids is 1. The first-order valence-corrected chi connectivity index (χ1v) is 11.4. The second kappa shape index (κ2) is 9.89. The molecule has 0 aliphatic rings. The molecule has 0 N–H and O–H groups in total. The van der Waals surface area contributed by atoms with E-state index in [0.29, 0.717) is 33.5 Å². The molecule has 0 bridgehead atoms. The summed E-state index contributed by atoms with van der Waals surface area (Å²) in [7, 11) is 1.60. The van der Waals surface area contributed by atoms with Crippen LogP contribution in [-0.2, 0) is 0 Å². The Hall–Kier alpha value is -1.67. The Kier molecular flexibility index (Phi) is 7.51. The van der Waals surface area contributed by atoms with Crippen LogP contribution >= 0.6 is 38.9 Å². The Morgan fingerprint density at radius 2 is 1.90 bits per heavy atom. The number of rotatable bonds is 8. The van der Waals surface area contributed by atoms with Gasteiger partial charge in [-0.3, -0.25) is 9.69 Å². The van der Waals surface area contributed by atoms with Crippen molar-refractivity contribution in [3.63, 3.8) is 0 Å². The fourth-order valence-electron chi connectivity index (χ4n) is 3.07. The largest absolute Gasteiger partial charge is 0.494 e. The second-order valence-corrected chi connectivity index (χ2v) is 8.63. The zero-order chi connectivity index (χ0) is 21.0. The molecular weight excluding hydrogens is 474 g/mol. The van der Waals surface area contributed by atoms with Crippen molar-refractivity contribution in [3.05, 3.63) is 51.5 Å². The third kappa shape index (κ3) is 4.74. The number of fused-ring (bicyclic) bond motifs is 1. The van der Waals surface area contributed by atoms with E-state index in [0.717, 1.165) is 28.8 Å². The fourth-order valence-corrected chi connectivity index (χ4v) is 4.80. The number of aromatic nitrogens is 1. The van der Waals surface area contributed by atoms with Gasteiger partial charge in [-0.2, -0.15) is 0 Å². The highest BCUT2D eigenvalue weighted by atomic mass is 79.9. The number of anilines is 1. The normalized spacial score (nSPS) is 11.2. The van der Waals surface area contributed by atoms with Gasteiger partial charge in [-0.15, -0.1) is 0 Å². The van der Waals surface area contributed by atoms with Gasteiger partial charge >= 0.3 is 0 Å². The molecule has 0 saturated carbocycles. The van der Waals surface area contributed by atoms with Gasteiger partial charge in [0.05, 0.1) is 22.4 Å². The van der Waals surface area contributed by atoms with Gasteiger partial charge in [0.2, 0.25) is 0 Å². The molecule has 3 rings (SSSR count). The molecule has 0 saturated heterocycles. The SMILES string of the molecule is CCN(CC)CCN(C(=O)c1ccccc1Br)c1nc2c(OC)ccc(Cl)c2s1. The number of nitrogens with zero attached hydrogens (tertiary/aromatic N) is 3. The van der Waals surface area contributed by atoms with E-state index >= 15 is 0 Å². The van der Waals surface area contributed by atoms with Gasteiger partial charge in [0.1, 0.15) is 11.3 Å². The lowest BCUT2D eigenvalue weighted by Gasteiger charge is -2.25. The average molecular weight is 497 g/mol. The lowest BCUT2D eigenvalue weighted by atomic mass is 10.2. The maximum absolute atomic E-state index is 13.5. The molecule has 0 aliphatic carbocycles. The zero-order valence-electron chi connectivity index (χ0n) is 16.6. The molecule has 3 aromatic rings. The van der Waals surface area contributed by atoms with E-state index in [4.69, 9.17) is 21.3 Å². The van der Waals surface area contributed by atoms with Crippen LogP contribution in [0.3, 0.4) is 0 Å². The van der Waals surface area contributed by atoms with Gasteiger partial charge in [0.25, 0.3) is 5.91 Å². The lowest BCUT2D eigenvalue weighted by Crippen LogP contribution is -2.39. The van der Waals surface area contributed by atoms with Crippen LogP contribution < -0.4 is 9.64 Å². The third-order valence-electron chi connectivity index (χ3n) is 4.78. The first kappa shape index (κ1) is 22.0. The van der Waals surface area contributed by atoms with Crippen molar-refractivity contribution in [1.82, 2.24) is 9.88 Å². The van der Waals surface area contributed by atoms with E-state index < -0.39 is 0 Å². The van der Waals surface area contributed by atoms with Crippen molar-refractivity contribution in [3.8, 4) is 5.75 Å². The van der Waals surface area contributed by atoms with Crippen molar-refractivity contribution in [1.29, 1.82) is 0 Å². The summed E-state index contributed by atoms with van der Waals surface area (Å²) in [5.74, 6) is 0.544. The zero-order valence-corrected chi connectivity index (χ0v) is 19.8. The lowest BCUT2D eigenvalue weighted by molar-refractivity contribution is 0.0983. The van der Waals surface area contributed by atoms with E-state index in [1.165, 1.54) is 11.3 Å². The monoisotopic (exact) mass is 495 g/mol. The third-order valence-corrected chi connectivity index (χ3v) is 7.01. The molecule has 1 heterocycles. The van der Waals surface area contributed by atoms with Gasteiger partial charge < -0.3 is 9.64 Å². The van der Waals surface area contributed by atoms with Crippen molar-refractivity contribution in [2.45, 2.75) is 13.8 Å². The van der Waals surface area contributed by atoms with Crippen LogP contribution in [0.1, 0.15) is 24.2 Å². The highest BCUT2D eigenvalue weighted by Gasteiger charge is 2.24. The van der Waals surface area contributed by atoms with E-state index in [2.05, 4.69) is 34.7 Å². The Morgan fingerprint density at radius 1 is 1.17 bits per heavy atom. The van der Waals surface area contributed by atoms with Crippen molar-refractivity contribution >= 4 is 60.1 Å². The first-order chi connectivity index (χ1) is 14.0. The molecule has 0 fully saturated rings. The predicted molar refractivity (Wildman–Crippen MR) is 125 cm³/mol. The highest BCUT2D eigenvalue weighted by molar-refractivity contribution is 9.10. The summed E-state index contributed by atoms with van der Waals surface area (Å²) in [6.45, 7) is 7.36. The van der Waals surface area contributed by atoms with Gasteiger partial charge in [0.15, 0.2) is 5.13 Å². The molecule has 0 aliphatic heterocycles. The minimum absolute atomic E-state index is 0.0984. The Labute approximate surface area is 188 Å². The quantitative estimate of drug-likeness (QED) is 0.401. The van der Waals surface area contributed by atoms with Gasteiger partial charge in [-0.05, 0) is 53.3 Å². The standard InChI is InChI=1S/C21H23BrClN3O2S/c1-4-25(5-2)12-13-26(20(27)14-8-6-7-9-15(14)22)21-24-18-17(28-3)11-10-16(23)19(18)29-21/h6-11H,4-5,12-13H2,1-3H3. The number of ether oxygens (including phenoxy) is 1. The molecule has 8 heteroatoms. The average Bonchev–Trinajstić information content (AvgIpc) is 3.17. The summed E-state index contributed by atoms with van der Waals surface area (Å²) in [5, 5.41) is 1.21. The molecule has 0 radical (unpaired) electrons. The molecule has 0 atom stereocenters. The number of hydrogen-bond donors (Lipinski definition) is 0. The maximum Gasteiger partial charge on any atom is 0.261 e. The smallest absolute Gasteiger partial charge is 0.261 e. The Bertz CT molecular complexity index is 1010. The van der Waals surface area contributed by atoms with E-state index in [-0.39, 0.29) is 5.91 Å². The van der Waals surface area contributed by atoms with Crippen LogP contribution in [0.2, 0.25) is 5.02 Å². The Balaban J connectivity index is 2.05. The van der Waals surface area contributed by atoms with E-state index in [9.17, 15) is 4.79 Å². The summed E-state index contributed by atoms with van der Waals surface area (Å²) in [4.78, 5) is 22.2. The van der Waals surface area contributed by atoms with Crippen LogP contribution in [-0.4, -0.2) is 49.1 Å². The van der Waals surface area contributed by atoms with Crippen LogP contribution in [0.4, 0.5) is 5.13 Å². The number of likely N-dealkylation sites (N-methyl/N-ethyl adjacent to an activating group) is 1. The number of hydrogen-bond acceptors (Lipinski definition) is 5. The summed E-state index contributed by atoms with van der Waals surface area (Å²) in [5.41, 5.74) is 1.28. The van der Waals surface area contributed by atoms with Gasteiger partial charge in [-0.1, -0.05) is 48.9 Å². The molecular formula is C21H23BrClN3O2S. The molecule has 29 heavy (non-hydrogen) atoms. The molecule has 0 unspecified atom stereocenters. The summed E-state index contributed by atoms with van der Waals surface area (Å²) in [6.07, 6.45) is 0. The van der Waals surface area contributed by atoms with Gasteiger partial charge in [-0.25, -0.2) is 4.98 Å². The molecule has 1 aromatic heterocycles. The minimum Gasteiger partial charge on any atom is -0.494 e. The topological polar surface area (TPSA) is 45.7 Å². The number of thiazole rings is 1. The molecule has 1 amide bonds. The predicted octanol–water partition coefficient (Wildman–Crippen LogP) is 5.71. The van der Waals surface area contributed by atoms with Crippen molar-refractivity contribution < 1.29 is 9.53 Å². The highest BCUT2D eigenvalue weighted by Crippen LogP contribution is 2.39. The summed E-state index contributed by atoms with van der Waals surface area (Å²) >= 11 is 11.3. The van der Waals surface area contributed by atoms with Crippen molar-refractivity contribution in [2.75, 3.05) is 38.2 Å². The second-order valence-electron chi connectivity index (χ2n) is 6.39. The van der Waals surface area contributed by atoms with Crippen LogP contribution in [0.25, 0.3) is 10.2 Å². The van der Waals surface area contributed by atoms with E-state index in [1.54, 1.807) is 24.1 Å². The van der Waals surface area contributed by atoms with Crippen LogP contribution in [0.15, 0.2) is 40.9 Å². The summed E-state index contributed by atoms with van der Waals surface area (Å²) < 4.78 is 7.01. The minimum atomic E-state index is -0.0984. The Morgan fingerprint density at radius 3 is 2.55 bits per heavy atom. The first-order valence-electron chi connectivity index (χ1n) is 9.41. The number of benzene rings is 2. The molecule has 2 aromatic carbocycles. The number of methoxy groups -OCH3 is 1. The van der Waals surface area contributed by atoms with Crippen LogP contribution in [0.5, 0.6) is 5.75 Å². The number of amides is 1.